The van der Waals surface area contributed by atoms with Gasteiger partial charge in [0.2, 0.25) is 5.91 Å². The van der Waals surface area contributed by atoms with Crippen LogP contribution in [0.25, 0.3) is 0 Å². The Morgan fingerprint density at radius 1 is 0.892 bits per heavy atom. The van der Waals surface area contributed by atoms with Gasteiger partial charge in [-0.05, 0) is 53.6 Å². The Labute approximate surface area is 215 Å². The quantitative estimate of drug-likeness (QED) is 0.503. The number of piperazine rings is 1. The first-order chi connectivity index (χ1) is 18.0. The number of ether oxygens (including phenoxy) is 1. The molecule has 0 aromatic heterocycles. The van der Waals surface area contributed by atoms with Gasteiger partial charge in [0, 0.05) is 51.1 Å². The maximum Gasteiger partial charge on any atom is 0.254 e. The zero-order valence-corrected chi connectivity index (χ0v) is 20.6. The summed E-state index contributed by atoms with van der Waals surface area (Å²) in [5.41, 5.74) is 2.79. The van der Waals surface area contributed by atoms with Crippen LogP contribution in [0.3, 0.4) is 0 Å². The Hall–Kier alpha value is -3.78. The summed E-state index contributed by atoms with van der Waals surface area (Å²) >= 11 is 0. The number of methoxy groups -OCH3 is 1. The molecule has 2 aliphatic rings. The number of hydrogen-bond donors (Lipinski definition) is 0. The molecule has 0 bridgehead atoms. The SMILES string of the molecule is COCCN1C(=O)c2ccccc2[C@@H](C(=O)N2CCN(c3ccc(F)cc3)CC2)[C@@H]1c1ccc(F)cc1. The fourth-order valence-corrected chi connectivity index (χ4v) is 5.36. The van der Waals surface area contributed by atoms with E-state index in [0.717, 1.165) is 5.69 Å². The van der Waals surface area contributed by atoms with Gasteiger partial charge in [0.15, 0.2) is 0 Å². The average molecular weight is 506 g/mol. The molecule has 5 rings (SSSR count). The lowest BCUT2D eigenvalue weighted by molar-refractivity contribution is -0.135. The molecule has 3 aromatic carbocycles. The summed E-state index contributed by atoms with van der Waals surface area (Å²) in [4.78, 5) is 33.4. The van der Waals surface area contributed by atoms with Crippen molar-refractivity contribution in [3.63, 3.8) is 0 Å². The predicted octanol–water partition coefficient (Wildman–Crippen LogP) is 4.24. The lowest BCUT2D eigenvalue weighted by atomic mass is 9.78. The topological polar surface area (TPSA) is 53.1 Å². The van der Waals surface area contributed by atoms with Gasteiger partial charge >= 0.3 is 0 Å². The van der Waals surface area contributed by atoms with Crippen LogP contribution in [0.1, 0.15) is 33.4 Å². The highest BCUT2D eigenvalue weighted by molar-refractivity contribution is 6.01. The van der Waals surface area contributed by atoms with Crippen LogP contribution in [-0.2, 0) is 9.53 Å². The Morgan fingerprint density at radius 2 is 1.51 bits per heavy atom. The molecule has 2 aliphatic heterocycles. The van der Waals surface area contributed by atoms with E-state index in [1.807, 2.05) is 17.0 Å². The molecule has 0 unspecified atom stereocenters. The summed E-state index contributed by atoms with van der Waals surface area (Å²) in [6.45, 7) is 2.82. The van der Waals surface area contributed by atoms with Crippen molar-refractivity contribution in [3.8, 4) is 0 Å². The molecule has 1 fully saturated rings. The molecule has 0 aliphatic carbocycles. The number of nitrogens with zero attached hydrogens (tertiary/aromatic N) is 3. The van der Waals surface area contributed by atoms with Gasteiger partial charge in [-0.25, -0.2) is 8.78 Å². The van der Waals surface area contributed by atoms with Crippen molar-refractivity contribution in [2.45, 2.75) is 12.0 Å². The maximum atomic E-state index is 14.2. The number of halogens is 2. The second kappa shape index (κ2) is 10.7. The molecule has 2 amide bonds. The second-order valence-electron chi connectivity index (χ2n) is 9.34. The summed E-state index contributed by atoms with van der Waals surface area (Å²) in [5, 5.41) is 0. The van der Waals surface area contributed by atoms with Crippen LogP contribution in [0, 0.1) is 11.6 Å². The summed E-state index contributed by atoms with van der Waals surface area (Å²) in [6.07, 6.45) is 0. The largest absolute Gasteiger partial charge is 0.383 e. The molecule has 1 saturated heterocycles. The third-order valence-electron chi connectivity index (χ3n) is 7.24. The Morgan fingerprint density at radius 3 is 2.16 bits per heavy atom. The highest BCUT2D eigenvalue weighted by Crippen LogP contribution is 2.43. The molecule has 0 spiro atoms. The number of hydrogen-bond acceptors (Lipinski definition) is 4. The van der Waals surface area contributed by atoms with Crippen LogP contribution < -0.4 is 4.90 Å². The van der Waals surface area contributed by atoms with Crippen LogP contribution in [0.2, 0.25) is 0 Å². The van der Waals surface area contributed by atoms with E-state index in [0.29, 0.717) is 56.0 Å². The Bertz CT molecular complexity index is 1260. The molecular formula is C29H29F2N3O3. The number of rotatable bonds is 6. The number of carbonyl (C=O) groups is 2. The molecule has 37 heavy (non-hydrogen) atoms. The van der Waals surface area contributed by atoms with Gasteiger partial charge in [-0.15, -0.1) is 0 Å². The van der Waals surface area contributed by atoms with Gasteiger partial charge in [-0.3, -0.25) is 9.59 Å². The van der Waals surface area contributed by atoms with Crippen molar-refractivity contribution in [3.05, 3.63) is 101 Å². The van der Waals surface area contributed by atoms with E-state index < -0.39 is 12.0 Å². The average Bonchev–Trinajstić information content (AvgIpc) is 2.93. The smallest absolute Gasteiger partial charge is 0.254 e. The van der Waals surface area contributed by atoms with Crippen molar-refractivity contribution in [2.75, 3.05) is 51.3 Å². The molecule has 6 nitrogen and oxygen atoms in total. The molecule has 3 aromatic rings. The van der Waals surface area contributed by atoms with Gasteiger partial charge < -0.3 is 19.4 Å². The lowest BCUT2D eigenvalue weighted by Gasteiger charge is -2.44. The molecule has 0 N–H and O–H groups in total. The van der Waals surface area contributed by atoms with Gasteiger partial charge in [0.05, 0.1) is 18.6 Å². The highest BCUT2D eigenvalue weighted by atomic mass is 19.1. The van der Waals surface area contributed by atoms with Crippen molar-refractivity contribution in [2.24, 2.45) is 0 Å². The third kappa shape index (κ3) is 4.93. The first kappa shape index (κ1) is 24.9. The summed E-state index contributed by atoms with van der Waals surface area (Å²) in [5.74, 6) is -1.56. The number of benzene rings is 3. The van der Waals surface area contributed by atoms with Crippen molar-refractivity contribution in [1.82, 2.24) is 9.80 Å². The van der Waals surface area contributed by atoms with E-state index in [1.165, 1.54) is 24.3 Å². The van der Waals surface area contributed by atoms with Gasteiger partial charge in [-0.1, -0.05) is 30.3 Å². The van der Waals surface area contributed by atoms with Crippen LogP contribution in [0.15, 0.2) is 72.8 Å². The molecule has 2 atom stereocenters. The Kier molecular flexibility index (Phi) is 7.19. The van der Waals surface area contributed by atoms with Crippen LogP contribution in [0.4, 0.5) is 14.5 Å². The van der Waals surface area contributed by atoms with E-state index in [1.54, 1.807) is 48.4 Å². The normalized spacial score (nSPS) is 19.6. The van der Waals surface area contributed by atoms with Crippen LogP contribution in [0.5, 0.6) is 0 Å². The van der Waals surface area contributed by atoms with Crippen molar-refractivity contribution in [1.29, 1.82) is 0 Å². The summed E-state index contributed by atoms with van der Waals surface area (Å²) in [6, 6.07) is 19.0. The molecule has 2 heterocycles. The first-order valence-electron chi connectivity index (χ1n) is 12.4. The third-order valence-corrected chi connectivity index (χ3v) is 7.24. The minimum atomic E-state index is -0.645. The van der Waals surface area contributed by atoms with Crippen molar-refractivity contribution >= 4 is 17.5 Å². The fourth-order valence-electron chi connectivity index (χ4n) is 5.36. The Balaban J connectivity index is 1.48. The standard InChI is InChI=1S/C29H29F2N3O3/c1-37-19-18-34-27(20-6-8-21(30)9-7-20)26(24-4-2-3-5-25(24)28(34)35)29(36)33-16-14-32(15-17-33)23-12-10-22(31)11-13-23/h2-13,26-27H,14-19H2,1H3/t26-,27+/m1/s1. The van der Waals surface area contributed by atoms with Gasteiger partial charge in [0.25, 0.3) is 5.91 Å². The minimum Gasteiger partial charge on any atom is -0.383 e. The van der Waals surface area contributed by atoms with E-state index in [9.17, 15) is 18.4 Å². The highest BCUT2D eigenvalue weighted by Gasteiger charge is 2.45. The second-order valence-corrected chi connectivity index (χ2v) is 9.34. The zero-order chi connectivity index (χ0) is 25.9. The van der Waals surface area contributed by atoms with E-state index in [4.69, 9.17) is 4.74 Å². The minimum absolute atomic E-state index is 0.0737. The number of amides is 2. The molecule has 0 saturated carbocycles. The predicted molar refractivity (Wildman–Crippen MR) is 136 cm³/mol. The van der Waals surface area contributed by atoms with Crippen molar-refractivity contribution < 1.29 is 23.1 Å². The monoisotopic (exact) mass is 505 g/mol. The lowest BCUT2D eigenvalue weighted by Crippen LogP contribution is -2.53. The zero-order valence-electron chi connectivity index (χ0n) is 20.6. The van der Waals surface area contributed by atoms with Gasteiger partial charge in [-0.2, -0.15) is 0 Å². The number of anilines is 1. The molecular weight excluding hydrogens is 476 g/mol. The van der Waals surface area contributed by atoms with Crippen LogP contribution >= 0.6 is 0 Å². The number of fused-ring (bicyclic) bond motifs is 1. The molecule has 8 heteroatoms. The van der Waals surface area contributed by atoms with E-state index in [2.05, 4.69) is 4.90 Å². The maximum absolute atomic E-state index is 14.2. The molecule has 192 valence electrons. The molecule has 0 radical (unpaired) electrons. The fraction of sp³-hybridized carbons (Fsp3) is 0.310. The summed E-state index contributed by atoms with van der Waals surface area (Å²) in [7, 11) is 1.57. The van der Waals surface area contributed by atoms with E-state index in [-0.39, 0.29) is 23.4 Å². The van der Waals surface area contributed by atoms with E-state index >= 15 is 0 Å². The summed E-state index contributed by atoms with van der Waals surface area (Å²) < 4.78 is 32.4. The van der Waals surface area contributed by atoms with Crippen LogP contribution in [-0.4, -0.2) is 68.1 Å². The number of carbonyl (C=O) groups excluding carboxylic acids is 2. The first-order valence-corrected chi connectivity index (χ1v) is 12.4. The van der Waals surface area contributed by atoms with Gasteiger partial charge in [0.1, 0.15) is 11.6 Å².